The Bertz CT molecular complexity index is 219. The lowest BCUT2D eigenvalue weighted by Gasteiger charge is -2.23. The van der Waals surface area contributed by atoms with Gasteiger partial charge in [0, 0.05) is 18.6 Å². The summed E-state index contributed by atoms with van der Waals surface area (Å²) >= 11 is 0. The van der Waals surface area contributed by atoms with Crippen LogP contribution in [0.15, 0.2) is 0 Å². The van der Waals surface area contributed by atoms with Crippen molar-refractivity contribution in [2.75, 3.05) is 13.2 Å². The van der Waals surface area contributed by atoms with E-state index in [2.05, 4.69) is 39.9 Å². The standard InChI is InChI=1S/C14H29NO2/c1-7-12(16)13(17-10-11(2)3)8-9-15-14(4,5)6/h11,13,15H,7-10H2,1-6H3. The summed E-state index contributed by atoms with van der Waals surface area (Å²) in [6, 6.07) is 0. The van der Waals surface area contributed by atoms with E-state index in [1.54, 1.807) is 0 Å². The molecule has 0 saturated heterocycles. The Morgan fingerprint density at radius 1 is 1.29 bits per heavy atom. The minimum absolute atomic E-state index is 0.0951. The lowest BCUT2D eigenvalue weighted by atomic mass is 10.1. The van der Waals surface area contributed by atoms with E-state index in [4.69, 9.17) is 4.74 Å². The highest BCUT2D eigenvalue weighted by atomic mass is 16.5. The minimum atomic E-state index is -0.239. The molecule has 0 amide bonds. The second kappa shape index (κ2) is 7.83. The third-order valence-corrected chi connectivity index (χ3v) is 2.40. The third-order valence-electron chi connectivity index (χ3n) is 2.40. The van der Waals surface area contributed by atoms with Gasteiger partial charge in [-0.25, -0.2) is 0 Å². The molecule has 1 N–H and O–H groups in total. The molecule has 1 atom stereocenters. The number of hydrogen-bond acceptors (Lipinski definition) is 3. The van der Waals surface area contributed by atoms with Gasteiger partial charge in [-0.2, -0.15) is 0 Å². The number of ketones is 1. The maximum Gasteiger partial charge on any atom is 0.161 e. The Morgan fingerprint density at radius 3 is 2.29 bits per heavy atom. The van der Waals surface area contributed by atoms with Crippen LogP contribution in [0.1, 0.15) is 54.4 Å². The van der Waals surface area contributed by atoms with Gasteiger partial charge in [0.05, 0.1) is 0 Å². The minimum Gasteiger partial charge on any atom is -0.370 e. The van der Waals surface area contributed by atoms with Gasteiger partial charge in [0.15, 0.2) is 5.78 Å². The molecule has 0 aliphatic heterocycles. The lowest BCUT2D eigenvalue weighted by Crippen LogP contribution is -2.39. The quantitative estimate of drug-likeness (QED) is 0.712. The van der Waals surface area contributed by atoms with Crippen LogP contribution < -0.4 is 5.32 Å². The molecular weight excluding hydrogens is 214 g/mol. The average Bonchev–Trinajstić information content (AvgIpc) is 2.20. The molecule has 3 heteroatoms. The zero-order valence-corrected chi connectivity index (χ0v) is 12.3. The van der Waals surface area contributed by atoms with E-state index < -0.39 is 0 Å². The predicted octanol–water partition coefficient (Wildman–Crippen LogP) is 2.78. The average molecular weight is 243 g/mol. The summed E-state index contributed by atoms with van der Waals surface area (Å²) in [4.78, 5) is 11.7. The van der Waals surface area contributed by atoms with E-state index in [0.717, 1.165) is 13.0 Å². The highest BCUT2D eigenvalue weighted by Crippen LogP contribution is 2.07. The Kier molecular flexibility index (Phi) is 7.64. The number of rotatable bonds is 8. The van der Waals surface area contributed by atoms with Crippen LogP contribution in [0.4, 0.5) is 0 Å². The van der Waals surface area contributed by atoms with E-state index in [-0.39, 0.29) is 17.4 Å². The number of nitrogens with one attached hydrogen (secondary N) is 1. The summed E-state index contributed by atoms with van der Waals surface area (Å²) in [7, 11) is 0. The Hall–Kier alpha value is -0.410. The molecule has 102 valence electrons. The van der Waals surface area contributed by atoms with Gasteiger partial charge in [0.25, 0.3) is 0 Å². The van der Waals surface area contributed by atoms with Crippen molar-refractivity contribution in [1.82, 2.24) is 5.32 Å². The van der Waals surface area contributed by atoms with Gasteiger partial charge in [-0.1, -0.05) is 20.8 Å². The SMILES string of the molecule is CCC(=O)C(CCNC(C)(C)C)OCC(C)C. The topological polar surface area (TPSA) is 38.3 Å². The second-order valence-corrected chi connectivity index (χ2v) is 6.00. The number of carbonyl (C=O) groups excluding carboxylic acids is 1. The molecule has 0 spiro atoms. The largest absolute Gasteiger partial charge is 0.370 e. The molecule has 0 aromatic rings. The zero-order chi connectivity index (χ0) is 13.5. The van der Waals surface area contributed by atoms with Crippen molar-refractivity contribution in [2.45, 2.75) is 66.0 Å². The maximum absolute atomic E-state index is 11.7. The molecular formula is C14H29NO2. The van der Waals surface area contributed by atoms with Crippen LogP contribution in [0.3, 0.4) is 0 Å². The lowest BCUT2D eigenvalue weighted by molar-refractivity contribution is -0.131. The molecule has 0 aromatic heterocycles. The number of carbonyl (C=O) groups is 1. The molecule has 0 aliphatic carbocycles. The van der Waals surface area contributed by atoms with Gasteiger partial charge in [0.2, 0.25) is 0 Å². The molecule has 1 unspecified atom stereocenters. The van der Waals surface area contributed by atoms with E-state index in [1.807, 2.05) is 6.92 Å². The Balaban J connectivity index is 4.07. The molecule has 0 radical (unpaired) electrons. The number of hydrogen-bond donors (Lipinski definition) is 1. The monoisotopic (exact) mass is 243 g/mol. The second-order valence-electron chi connectivity index (χ2n) is 6.00. The third kappa shape index (κ3) is 9.31. The van der Waals surface area contributed by atoms with Crippen LogP contribution in [-0.2, 0) is 9.53 Å². The van der Waals surface area contributed by atoms with Crippen molar-refractivity contribution in [1.29, 1.82) is 0 Å². The van der Waals surface area contributed by atoms with Crippen LogP contribution in [0.5, 0.6) is 0 Å². The molecule has 0 bridgehead atoms. The van der Waals surface area contributed by atoms with Crippen LogP contribution in [0, 0.1) is 5.92 Å². The first kappa shape index (κ1) is 16.6. The van der Waals surface area contributed by atoms with E-state index in [0.29, 0.717) is 18.9 Å². The van der Waals surface area contributed by atoms with Crippen molar-refractivity contribution >= 4 is 5.78 Å². The van der Waals surface area contributed by atoms with Gasteiger partial charge in [-0.15, -0.1) is 0 Å². The number of Topliss-reactive ketones (excluding diaryl/α,β-unsaturated/α-hetero) is 1. The van der Waals surface area contributed by atoms with Crippen molar-refractivity contribution in [3.8, 4) is 0 Å². The van der Waals surface area contributed by atoms with Gasteiger partial charge < -0.3 is 10.1 Å². The first-order chi connectivity index (χ1) is 7.76. The van der Waals surface area contributed by atoms with Crippen molar-refractivity contribution < 1.29 is 9.53 Å². The first-order valence-electron chi connectivity index (χ1n) is 6.65. The van der Waals surface area contributed by atoms with Gasteiger partial charge in [0.1, 0.15) is 6.10 Å². The van der Waals surface area contributed by atoms with E-state index in [1.165, 1.54) is 0 Å². The van der Waals surface area contributed by atoms with Crippen molar-refractivity contribution in [3.05, 3.63) is 0 Å². The molecule has 0 aromatic carbocycles. The summed E-state index contributed by atoms with van der Waals surface area (Å²) in [6.07, 6.45) is 1.08. The summed E-state index contributed by atoms with van der Waals surface area (Å²) < 4.78 is 5.68. The van der Waals surface area contributed by atoms with Crippen molar-refractivity contribution in [3.63, 3.8) is 0 Å². The normalized spacial score (nSPS) is 14.1. The molecule has 3 nitrogen and oxygen atoms in total. The predicted molar refractivity (Wildman–Crippen MR) is 72.2 cm³/mol. The van der Waals surface area contributed by atoms with Gasteiger partial charge in [-0.3, -0.25) is 4.79 Å². The van der Waals surface area contributed by atoms with E-state index in [9.17, 15) is 4.79 Å². The smallest absolute Gasteiger partial charge is 0.161 e. The molecule has 0 heterocycles. The van der Waals surface area contributed by atoms with Gasteiger partial charge in [-0.05, 0) is 39.7 Å². The van der Waals surface area contributed by atoms with Crippen LogP contribution in [0.25, 0.3) is 0 Å². The Labute approximate surface area is 106 Å². The van der Waals surface area contributed by atoms with E-state index >= 15 is 0 Å². The summed E-state index contributed by atoms with van der Waals surface area (Å²) in [5.41, 5.74) is 0.0951. The molecule has 0 aliphatic rings. The summed E-state index contributed by atoms with van der Waals surface area (Å²) in [5, 5.41) is 3.39. The molecule has 0 rings (SSSR count). The Morgan fingerprint density at radius 2 is 1.88 bits per heavy atom. The fraction of sp³-hybridized carbons (Fsp3) is 0.929. The molecule has 0 saturated carbocycles. The van der Waals surface area contributed by atoms with Crippen molar-refractivity contribution in [2.24, 2.45) is 5.92 Å². The van der Waals surface area contributed by atoms with Crippen LogP contribution >= 0.6 is 0 Å². The molecule has 17 heavy (non-hydrogen) atoms. The summed E-state index contributed by atoms with van der Waals surface area (Å²) in [5.74, 6) is 0.680. The fourth-order valence-corrected chi connectivity index (χ4v) is 1.45. The van der Waals surface area contributed by atoms with Crippen LogP contribution in [-0.4, -0.2) is 30.6 Å². The van der Waals surface area contributed by atoms with Gasteiger partial charge >= 0.3 is 0 Å². The highest BCUT2D eigenvalue weighted by Gasteiger charge is 2.18. The molecule has 0 fully saturated rings. The maximum atomic E-state index is 11.7. The zero-order valence-electron chi connectivity index (χ0n) is 12.3. The fourth-order valence-electron chi connectivity index (χ4n) is 1.45. The highest BCUT2D eigenvalue weighted by molar-refractivity contribution is 5.82. The number of ether oxygens (including phenoxy) is 1. The first-order valence-corrected chi connectivity index (χ1v) is 6.65. The van der Waals surface area contributed by atoms with Crippen LogP contribution in [0.2, 0.25) is 0 Å². The summed E-state index contributed by atoms with van der Waals surface area (Å²) in [6.45, 7) is 13.9.